The van der Waals surface area contributed by atoms with E-state index in [9.17, 15) is 4.79 Å². The third kappa shape index (κ3) is 4.48. The van der Waals surface area contributed by atoms with Crippen molar-refractivity contribution in [2.75, 3.05) is 29.9 Å². The van der Waals surface area contributed by atoms with Crippen LogP contribution in [0.5, 0.6) is 5.75 Å². The molecule has 11 heteroatoms. The van der Waals surface area contributed by atoms with E-state index in [-0.39, 0.29) is 5.91 Å². The Hall–Kier alpha value is -4.28. The number of para-hydroxylation sites is 1. The van der Waals surface area contributed by atoms with Gasteiger partial charge in [0.2, 0.25) is 0 Å². The molecule has 3 aromatic heterocycles. The summed E-state index contributed by atoms with van der Waals surface area (Å²) in [7, 11) is 0. The number of imidazole rings is 1. The van der Waals surface area contributed by atoms with Crippen LogP contribution in [0.1, 0.15) is 61.6 Å². The molecule has 0 spiro atoms. The summed E-state index contributed by atoms with van der Waals surface area (Å²) >= 11 is 0. The highest BCUT2D eigenvalue weighted by Crippen LogP contribution is 2.40. The summed E-state index contributed by atoms with van der Waals surface area (Å²) in [6.45, 7) is 7.49. The lowest BCUT2D eigenvalue weighted by molar-refractivity contribution is 0.102. The number of tetrazole rings is 1. The summed E-state index contributed by atoms with van der Waals surface area (Å²) in [5.74, 6) is 2.73. The van der Waals surface area contributed by atoms with Crippen molar-refractivity contribution < 1.29 is 9.53 Å². The Kier molecular flexibility index (Phi) is 6.21. The number of carbonyl (C=O) groups is 1. The predicted octanol–water partition coefficient (Wildman–Crippen LogP) is 4.32. The van der Waals surface area contributed by atoms with Gasteiger partial charge in [0, 0.05) is 25.2 Å². The number of carbonyl (C=O) groups excluding carboxylic acids is 1. The van der Waals surface area contributed by atoms with Crippen LogP contribution in [0.15, 0.2) is 43.0 Å². The summed E-state index contributed by atoms with van der Waals surface area (Å²) in [4.78, 5) is 25.3. The number of rotatable bonds is 7. The first-order chi connectivity index (χ1) is 19.6. The smallest absolute Gasteiger partial charge is 0.274 e. The number of ether oxygens (including phenoxy) is 1. The molecule has 40 heavy (non-hydrogen) atoms. The zero-order valence-corrected chi connectivity index (χ0v) is 22.8. The fourth-order valence-electron chi connectivity index (χ4n) is 5.81. The number of hydrogen-bond acceptors (Lipinski definition) is 8. The number of pyridine rings is 1. The second kappa shape index (κ2) is 10.0. The van der Waals surface area contributed by atoms with E-state index in [1.807, 2.05) is 36.8 Å². The molecule has 1 N–H and O–H groups in total. The van der Waals surface area contributed by atoms with Crippen molar-refractivity contribution in [1.29, 1.82) is 0 Å². The fourth-order valence-corrected chi connectivity index (χ4v) is 5.81. The molecule has 206 valence electrons. The number of nitrogens with zero attached hydrogens (tertiary/aromatic N) is 8. The number of aromatic nitrogens is 7. The van der Waals surface area contributed by atoms with Crippen LogP contribution in [0.25, 0.3) is 17.1 Å². The minimum Gasteiger partial charge on any atom is -0.489 e. The van der Waals surface area contributed by atoms with Crippen LogP contribution < -0.4 is 15.0 Å². The maximum Gasteiger partial charge on any atom is 0.274 e. The molecule has 2 atom stereocenters. The van der Waals surface area contributed by atoms with Gasteiger partial charge in [0.25, 0.3) is 5.91 Å². The van der Waals surface area contributed by atoms with E-state index in [1.165, 1.54) is 19.3 Å². The van der Waals surface area contributed by atoms with Gasteiger partial charge in [-0.1, -0.05) is 26.3 Å². The normalized spacial score (nSPS) is 18.9. The van der Waals surface area contributed by atoms with E-state index in [0.29, 0.717) is 53.9 Å². The highest BCUT2D eigenvalue weighted by atomic mass is 16.5. The molecular weight excluding hydrogens is 506 g/mol. The molecule has 1 saturated heterocycles. The van der Waals surface area contributed by atoms with E-state index in [0.717, 1.165) is 42.1 Å². The summed E-state index contributed by atoms with van der Waals surface area (Å²) in [6.07, 6.45) is 10.5. The van der Waals surface area contributed by atoms with Crippen molar-refractivity contribution in [2.45, 2.75) is 52.0 Å². The van der Waals surface area contributed by atoms with Crippen LogP contribution in [-0.2, 0) is 6.54 Å². The first-order valence-electron chi connectivity index (χ1n) is 14.2. The van der Waals surface area contributed by atoms with E-state index >= 15 is 0 Å². The largest absolute Gasteiger partial charge is 0.489 e. The molecule has 0 radical (unpaired) electrons. The van der Waals surface area contributed by atoms with Gasteiger partial charge in [0.05, 0.1) is 47.4 Å². The SMILES string of the molecule is CCC(C)[C@@H]1CCN(c2cnc(C(=O)Nc3cccc4c3OCCn3nnnc3-4)cc2-n2cnc(C3CC3)c2)C1. The number of benzene rings is 1. The molecule has 1 amide bonds. The lowest BCUT2D eigenvalue weighted by Gasteiger charge is -2.24. The van der Waals surface area contributed by atoms with Gasteiger partial charge < -0.3 is 19.5 Å². The summed E-state index contributed by atoms with van der Waals surface area (Å²) in [5.41, 5.74) is 4.69. The van der Waals surface area contributed by atoms with E-state index in [4.69, 9.17) is 4.74 Å². The monoisotopic (exact) mass is 539 g/mol. The van der Waals surface area contributed by atoms with Gasteiger partial charge in [-0.05, 0) is 59.7 Å². The maximum atomic E-state index is 13.6. The fraction of sp³-hybridized carbons (Fsp3) is 0.448. The Bertz CT molecular complexity index is 1560. The first-order valence-corrected chi connectivity index (χ1v) is 14.2. The average Bonchev–Trinajstić information content (AvgIpc) is 3.35. The predicted molar refractivity (Wildman–Crippen MR) is 150 cm³/mol. The summed E-state index contributed by atoms with van der Waals surface area (Å²) in [6, 6.07) is 7.45. The molecule has 1 aromatic carbocycles. The van der Waals surface area contributed by atoms with Crippen molar-refractivity contribution in [3.8, 4) is 22.8 Å². The van der Waals surface area contributed by atoms with Crippen LogP contribution in [-0.4, -0.2) is 60.3 Å². The van der Waals surface area contributed by atoms with Gasteiger partial charge in [0.15, 0.2) is 11.6 Å². The molecule has 4 aromatic rings. The van der Waals surface area contributed by atoms with Crippen molar-refractivity contribution in [3.05, 3.63) is 54.4 Å². The number of amides is 1. The quantitative estimate of drug-likeness (QED) is 0.369. The Morgan fingerprint density at radius 1 is 1.18 bits per heavy atom. The number of hydrogen-bond donors (Lipinski definition) is 1. The molecule has 7 rings (SSSR count). The summed E-state index contributed by atoms with van der Waals surface area (Å²) in [5, 5.41) is 15.0. The molecular formula is C29H33N9O2. The standard InChI is InChI=1S/C29H33N9O2/c1-3-18(2)20-9-10-36(15-20)26-14-30-23(13-25(26)37-16-24(31-17-37)19-7-8-19)29(39)32-22-6-4-5-21-27(22)40-12-11-38-28(21)33-34-35-38/h4-6,13-14,16-20H,3,7-12,15H2,1-2H3,(H,32,39)/t18?,20-/m1/s1. The Balaban J connectivity index is 1.21. The minimum atomic E-state index is -0.310. The molecule has 3 aliphatic rings. The number of nitrogens with one attached hydrogen (secondary N) is 1. The van der Waals surface area contributed by atoms with Gasteiger partial charge >= 0.3 is 0 Å². The highest BCUT2D eigenvalue weighted by molar-refractivity contribution is 6.05. The zero-order chi connectivity index (χ0) is 27.2. The third-order valence-corrected chi connectivity index (χ3v) is 8.57. The molecule has 2 fully saturated rings. The molecule has 1 aliphatic carbocycles. The zero-order valence-electron chi connectivity index (χ0n) is 22.8. The topological polar surface area (TPSA) is 116 Å². The average molecular weight is 540 g/mol. The molecule has 1 unspecified atom stereocenters. The van der Waals surface area contributed by atoms with Crippen LogP contribution in [0.3, 0.4) is 0 Å². The first kappa shape index (κ1) is 24.7. The van der Waals surface area contributed by atoms with Crippen LogP contribution in [0.2, 0.25) is 0 Å². The van der Waals surface area contributed by atoms with Gasteiger partial charge in [-0.3, -0.25) is 4.79 Å². The third-order valence-electron chi connectivity index (χ3n) is 8.57. The molecule has 0 bridgehead atoms. The van der Waals surface area contributed by atoms with Gasteiger partial charge in [-0.15, -0.1) is 5.10 Å². The van der Waals surface area contributed by atoms with Crippen molar-refractivity contribution >= 4 is 17.3 Å². The van der Waals surface area contributed by atoms with E-state index in [2.05, 4.69) is 60.3 Å². The molecule has 5 heterocycles. The van der Waals surface area contributed by atoms with Gasteiger partial charge in [0.1, 0.15) is 12.3 Å². The number of anilines is 2. The van der Waals surface area contributed by atoms with Crippen molar-refractivity contribution in [2.24, 2.45) is 11.8 Å². The Morgan fingerprint density at radius 3 is 2.92 bits per heavy atom. The van der Waals surface area contributed by atoms with Crippen LogP contribution >= 0.6 is 0 Å². The maximum absolute atomic E-state index is 13.6. The lowest BCUT2D eigenvalue weighted by atomic mass is 9.91. The number of fused-ring (bicyclic) bond motifs is 3. The lowest BCUT2D eigenvalue weighted by Crippen LogP contribution is -2.24. The molecule has 1 saturated carbocycles. The van der Waals surface area contributed by atoms with Gasteiger partial charge in [-0.25, -0.2) is 14.6 Å². The second-order valence-corrected chi connectivity index (χ2v) is 11.1. The van der Waals surface area contributed by atoms with Gasteiger partial charge in [-0.2, -0.15) is 0 Å². The van der Waals surface area contributed by atoms with Crippen LogP contribution in [0, 0.1) is 11.8 Å². The second-order valence-electron chi connectivity index (χ2n) is 11.1. The Labute approximate surface area is 232 Å². The van der Waals surface area contributed by atoms with E-state index in [1.54, 1.807) is 4.68 Å². The highest BCUT2D eigenvalue weighted by Gasteiger charge is 2.30. The minimum absolute atomic E-state index is 0.310. The molecule has 2 aliphatic heterocycles. The molecule has 11 nitrogen and oxygen atoms in total. The van der Waals surface area contributed by atoms with E-state index < -0.39 is 0 Å². The van der Waals surface area contributed by atoms with Crippen molar-refractivity contribution in [3.63, 3.8) is 0 Å². The Morgan fingerprint density at radius 2 is 2.08 bits per heavy atom. The van der Waals surface area contributed by atoms with Crippen molar-refractivity contribution in [1.82, 2.24) is 34.7 Å². The van der Waals surface area contributed by atoms with Crippen LogP contribution in [0.4, 0.5) is 11.4 Å². The summed E-state index contributed by atoms with van der Waals surface area (Å²) < 4.78 is 9.78.